The normalized spacial score (nSPS) is 14.2. The van der Waals surface area contributed by atoms with Gasteiger partial charge < -0.3 is 4.74 Å². The van der Waals surface area contributed by atoms with Gasteiger partial charge in [0.1, 0.15) is 11.4 Å². The lowest BCUT2D eigenvalue weighted by molar-refractivity contribution is 0.104. The van der Waals surface area contributed by atoms with Gasteiger partial charge in [0, 0.05) is 47.3 Å². The van der Waals surface area contributed by atoms with Crippen LogP contribution in [0.4, 0.5) is 0 Å². The third-order valence-electron chi connectivity index (χ3n) is 5.26. The summed E-state index contributed by atoms with van der Waals surface area (Å²) in [6.45, 7) is 0. The Morgan fingerprint density at radius 1 is 1.07 bits per heavy atom. The molecule has 1 aliphatic carbocycles. The number of hydrogen-bond acceptors (Lipinski definition) is 4. The molecule has 4 aromatic rings. The van der Waals surface area contributed by atoms with Crippen LogP contribution in [0.25, 0.3) is 23.0 Å². The fourth-order valence-corrected chi connectivity index (χ4v) is 3.76. The monoisotopic (exact) mass is 393 g/mol. The van der Waals surface area contributed by atoms with E-state index in [9.17, 15) is 4.79 Å². The highest BCUT2D eigenvalue weighted by atomic mass is 16.5. The van der Waals surface area contributed by atoms with Gasteiger partial charge in [0.2, 0.25) is 0 Å². The van der Waals surface area contributed by atoms with E-state index < -0.39 is 0 Å². The number of para-hydroxylation sites is 1. The van der Waals surface area contributed by atoms with Crippen molar-refractivity contribution in [2.45, 2.75) is 6.42 Å². The molecule has 5 heteroatoms. The molecule has 0 saturated carbocycles. The Balaban J connectivity index is 1.60. The SMILES string of the molecule is COc1ccc2c(c1)CC(=Cc1cn(-c3ccccc3)nc1-c1cccnc1)C2=O. The average Bonchev–Trinajstić information content (AvgIpc) is 3.36. The van der Waals surface area contributed by atoms with Crippen molar-refractivity contribution >= 4 is 11.9 Å². The zero-order valence-electron chi connectivity index (χ0n) is 16.4. The van der Waals surface area contributed by atoms with Crippen LogP contribution < -0.4 is 4.74 Å². The lowest BCUT2D eigenvalue weighted by Crippen LogP contribution is -1.95. The number of pyridine rings is 1. The third kappa shape index (κ3) is 3.20. The molecule has 5 rings (SSSR count). The summed E-state index contributed by atoms with van der Waals surface area (Å²) in [5.41, 5.74) is 6.01. The molecule has 0 atom stereocenters. The highest BCUT2D eigenvalue weighted by molar-refractivity contribution is 6.15. The van der Waals surface area contributed by atoms with Gasteiger partial charge in [-0.2, -0.15) is 5.10 Å². The first-order valence-electron chi connectivity index (χ1n) is 9.70. The molecule has 0 unspecified atom stereocenters. The van der Waals surface area contributed by atoms with E-state index in [1.54, 1.807) is 19.5 Å². The van der Waals surface area contributed by atoms with Gasteiger partial charge >= 0.3 is 0 Å². The van der Waals surface area contributed by atoms with Gasteiger partial charge in [0.05, 0.1) is 12.8 Å². The van der Waals surface area contributed by atoms with Crippen LogP contribution >= 0.6 is 0 Å². The number of benzene rings is 2. The number of fused-ring (bicyclic) bond motifs is 1. The molecular formula is C25H19N3O2. The van der Waals surface area contributed by atoms with E-state index in [4.69, 9.17) is 9.84 Å². The first-order valence-corrected chi connectivity index (χ1v) is 9.70. The second-order valence-electron chi connectivity index (χ2n) is 7.15. The summed E-state index contributed by atoms with van der Waals surface area (Å²) < 4.78 is 7.14. The zero-order valence-corrected chi connectivity index (χ0v) is 16.4. The number of methoxy groups -OCH3 is 1. The molecule has 0 fully saturated rings. The quantitative estimate of drug-likeness (QED) is 0.469. The molecule has 0 aliphatic heterocycles. The fourth-order valence-electron chi connectivity index (χ4n) is 3.76. The molecule has 2 aromatic heterocycles. The summed E-state index contributed by atoms with van der Waals surface area (Å²) in [6.07, 6.45) is 8.01. The predicted molar refractivity (Wildman–Crippen MR) is 116 cm³/mol. The molecule has 0 bridgehead atoms. The van der Waals surface area contributed by atoms with Crippen molar-refractivity contribution in [2.75, 3.05) is 7.11 Å². The molecule has 2 aromatic carbocycles. The van der Waals surface area contributed by atoms with E-state index in [0.717, 1.165) is 45.0 Å². The minimum absolute atomic E-state index is 0.0530. The zero-order chi connectivity index (χ0) is 20.5. The second-order valence-corrected chi connectivity index (χ2v) is 7.15. The van der Waals surface area contributed by atoms with Crippen molar-refractivity contribution in [1.29, 1.82) is 0 Å². The van der Waals surface area contributed by atoms with Crippen molar-refractivity contribution in [1.82, 2.24) is 14.8 Å². The van der Waals surface area contributed by atoms with Crippen LogP contribution in [0.2, 0.25) is 0 Å². The molecule has 0 amide bonds. The van der Waals surface area contributed by atoms with Crippen LogP contribution in [-0.2, 0) is 6.42 Å². The molecule has 1 aliphatic rings. The van der Waals surface area contributed by atoms with E-state index >= 15 is 0 Å². The van der Waals surface area contributed by atoms with Gasteiger partial charge in [0.25, 0.3) is 0 Å². The Kier molecular flexibility index (Phi) is 4.48. The minimum atomic E-state index is 0.0530. The average molecular weight is 393 g/mol. The maximum absolute atomic E-state index is 13.0. The Morgan fingerprint density at radius 2 is 1.93 bits per heavy atom. The first kappa shape index (κ1) is 18.1. The predicted octanol–water partition coefficient (Wildman–Crippen LogP) is 4.77. The number of ketones is 1. The summed E-state index contributed by atoms with van der Waals surface area (Å²) in [5, 5.41) is 4.80. The number of carbonyl (C=O) groups excluding carboxylic acids is 1. The highest BCUT2D eigenvalue weighted by Crippen LogP contribution is 2.32. The number of rotatable bonds is 4. The van der Waals surface area contributed by atoms with Crippen molar-refractivity contribution in [3.8, 4) is 22.7 Å². The van der Waals surface area contributed by atoms with Crippen molar-refractivity contribution in [3.63, 3.8) is 0 Å². The summed E-state index contributed by atoms with van der Waals surface area (Å²) in [7, 11) is 1.63. The number of carbonyl (C=O) groups is 1. The van der Waals surface area contributed by atoms with Gasteiger partial charge in [-0.15, -0.1) is 0 Å². The van der Waals surface area contributed by atoms with Crippen LogP contribution in [-0.4, -0.2) is 27.7 Å². The molecule has 0 radical (unpaired) electrons. The van der Waals surface area contributed by atoms with Crippen LogP contribution in [0.15, 0.2) is 84.8 Å². The maximum Gasteiger partial charge on any atom is 0.189 e. The summed E-state index contributed by atoms with van der Waals surface area (Å²) >= 11 is 0. The lowest BCUT2D eigenvalue weighted by Gasteiger charge is -2.01. The van der Waals surface area contributed by atoms with Crippen LogP contribution in [0.5, 0.6) is 5.75 Å². The first-order chi connectivity index (χ1) is 14.7. The fraction of sp³-hybridized carbons (Fsp3) is 0.0800. The van der Waals surface area contributed by atoms with Crippen LogP contribution in [0.3, 0.4) is 0 Å². The molecule has 146 valence electrons. The minimum Gasteiger partial charge on any atom is -0.497 e. The van der Waals surface area contributed by atoms with Gasteiger partial charge in [-0.25, -0.2) is 4.68 Å². The third-order valence-corrected chi connectivity index (χ3v) is 5.26. The lowest BCUT2D eigenvalue weighted by atomic mass is 10.1. The van der Waals surface area contributed by atoms with Gasteiger partial charge in [-0.05, 0) is 54.1 Å². The molecule has 5 nitrogen and oxygen atoms in total. The van der Waals surface area contributed by atoms with E-state index in [1.807, 2.05) is 77.6 Å². The van der Waals surface area contributed by atoms with Gasteiger partial charge in [0.15, 0.2) is 5.78 Å². The van der Waals surface area contributed by atoms with Crippen molar-refractivity contribution in [3.05, 3.63) is 102 Å². The van der Waals surface area contributed by atoms with Gasteiger partial charge in [-0.3, -0.25) is 9.78 Å². The number of nitrogens with zero attached hydrogens (tertiary/aromatic N) is 3. The number of hydrogen-bond donors (Lipinski definition) is 0. The van der Waals surface area contributed by atoms with Crippen LogP contribution in [0.1, 0.15) is 21.5 Å². The number of aromatic nitrogens is 3. The summed E-state index contributed by atoms with van der Waals surface area (Å²) in [4.78, 5) is 17.2. The topological polar surface area (TPSA) is 57.0 Å². The summed E-state index contributed by atoms with van der Waals surface area (Å²) in [6, 6.07) is 19.4. The number of Topliss-reactive ketones (excluding diaryl/α,β-unsaturated/α-hetero) is 1. The smallest absolute Gasteiger partial charge is 0.189 e. The van der Waals surface area contributed by atoms with E-state index in [1.165, 1.54) is 0 Å². The molecule has 30 heavy (non-hydrogen) atoms. The standard InChI is InChI=1S/C25H19N3O2/c1-30-22-9-10-23-18(14-22)12-19(25(23)29)13-20-16-28(21-7-3-2-4-8-21)27-24(20)17-6-5-11-26-15-17/h2-11,13-16H,12H2,1H3. The van der Waals surface area contributed by atoms with E-state index in [2.05, 4.69) is 4.98 Å². The Morgan fingerprint density at radius 3 is 2.70 bits per heavy atom. The molecular weight excluding hydrogens is 374 g/mol. The molecule has 2 heterocycles. The Bertz CT molecular complexity index is 1260. The summed E-state index contributed by atoms with van der Waals surface area (Å²) in [5.74, 6) is 0.813. The van der Waals surface area contributed by atoms with E-state index in [-0.39, 0.29) is 5.78 Å². The van der Waals surface area contributed by atoms with Crippen LogP contribution in [0, 0.1) is 0 Å². The molecule has 0 spiro atoms. The van der Waals surface area contributed by atoms with Crippen molar-refractivity contribution < 1.29 is 9.53 Å². The van der Waals surface area contributed by atoms with Crippen molar-refractivity contribution in [2.24, 2.45) is 0 Å². The maximum atomic E-state index is 13.0. The van der Waals surface area contributed by atoms with Gasteiger partial charge in [-0.1, -0.05) is 18.2 Å². The Labute approximate surface area is 174 Å². The van der Waals surface area contributed by atoms with E-state index in [0.29, 0.717) is 6.42 Å². The second kappa shape index (κ2) is 7.44. The largest absolute Gasteiger partial charge is 0.497 e. The number of allylic oxidation sites excluding steroid dienone is 1. The highest BCUT2D eigenvalue weighted by Gasteiger charge is 2.26. The Hall–Kier alpha value is -3.99. The molecule has 0 N–H and O–H groups in total. The number of ether oxygens (including phenoxy) is 1. The molecule has 0 saturated heterocycles.